The summed E-state index contributed by atoms with van der Waals surface area (Å²) in [7, 11) is 0. The summed E-state index contributed by atoms with van der Waals surface area (Å²) >= 11 is 0. The molecule has 0 unspecified atom stereocenters. The van der Waals surface area contributed by atoms with E-state index in [0.717, 1.165) is 29.5 Å². The zero-order valence-electron chi connectivity index (χ0n) is 15.7. The molecule has 1 fully saturated rings. The molecule has 0 bridgehead atoms. The number of carbonyl (C=O) groups is 2. The van der Waals surface area contributed by atoms with E-state index in [0.29, 0.717) is 11.4 Å². The number of nitrogens with zero attached hydrogens (tertiary/aromatic N) is 1. The predicted octanol–water partition coefficient (Wildman–Crippen LogP) is 4.41. The molecule has 3 aromatic carbocycles. The number of amides is 2. The van der Waals surface area contributed by atoms with Crippen LogP contribution in [0.5, 0.6) is 0 Å². The number of hydrogen-bond acceptors (Lipinski definition) is 3. The first kappa shape index (κ1) is 18.0. The number of fused-ring (bicyclic) bond motifs is 1. The molecule has 2 N–H and O–H groups in total. The molecule has 0 radical (unpaired) electrons. The highest BCUT2D eigenvalue weighted by molar-refractivity contribution is 6.44. The molecule has 1 saturated heterocycles. The van der Waals surface area contributed by atoms with Crippen LogP contribution in [0.4, 0.5) is 17.1 Å². The van der Waals surface area contributed by atoms with Crippen LogP contribution in [-0.4, -0.2) is 24.9 Å². The Hall–Kier alpha value is -3.34. The Labute approximate surface area is 164 Å². The number of rotatable bonds is 3. The summed E-state index contributed by atoms with van der Waals surface area (Å²) < 4.78 is 0. The topological polar surface area (TPSA) is 61.4 Å². The second kappa shape index (κ2) is 8.13. The van der Waals surface area contributed by atoms with Crippen LogP contribution in [0.1, 0.15) is 19.3 Å². The van der Waals surface area contributed by atoms with E-state index in [9.17, 15) is 9.59 Å². The Kier molecular flexibility index (Phi) is 5.24. The highest BCUT2D eigenvalue weighted by Crippen LogP contribution is 2.24. The van der Waals surface area contributed by atoms with Crippen LogP contribution in [0, 0.1) is 0 Å². The number of benzene rings is 3. The molecule has 1 aliphatic rings. The SMILES string of the molecule is O=C(Nc1ccc(N2CCCCC2)cc1)C(=O)Nc1cccc2ccccc12. The van der Waals surface area contributed by atoms with Gasteiger partial charge >= 0.3 is 11.8 Å². The molecule has 0 saturated carbocycles. The molecule has 2 amide bonds. The number of carbonyl (C=O) groups excluding carboxylic acids is 2. The minimum atomic E-state index is -0.684. The Morgan fingerprint density at radius 1 is 0.714 bits per heavy atom. The second-order valence-corrected chi connectivity index (χ2v) is 7.03. The lowest BCUT2D eigenvalue weighted by Gasteiger charge is -2.28. The quantitative estimate of drug-likeness (QED) is 0.669. The molecular weight excluding hydrogens is 350 g/mol. The van der Waals surface area contributed by atoms with E-state index in [-0.39, 0.29) is 0 Å². The van der Waals surface area contributed by atoms with Crippen molar-refractivity contribution in [3.8, 4) is 0 Å². The van der Waals surface area contributed by atoms with Crippen LogP contribution in [0.2, 0.25) is 0 Å². The smallest absolute Gasteiger partial charge is 0.314 e. The summed E-state index contributed by atoms with van der Waals surface area (Å²) in [4.78, 5) is 27.0. The molecule has 5 nitrogen and oxygen atoms in total. The van der Waals surface area contributed by atoms with Crippen molar-refractivity contribution in [1.82, 2.24) is 0 Å². The summed E-state index contributed by atoms with van der Waals surface area (Å²) in [6.45, 7) is 2.14. The van der Waals surface area contributed by atoms with Crippen molar-refractivity contribution >= 4 is 39.6 Å². The molecule has 1 heterocycles. The van der Waals surface area contributed by atoms with Crippen molar-refractivity contribution in [2.24, 2.45) is 0 Å². The minimum Gasteiger partial charge on any atom is -0.372 e. The fourth-order valence-electron chi connectivity index (χ4n) is 3.61. The lowest BCUT2D eigenvalue weighted by Crippen LogP contribution is -2.30. The predicted molar refractivity (Wildman–Crippen MR) is 114 cm³/mol. The normalized spacial score (nSPS) is 13.9. The van der Waals surface area contributed by atoms with Gasteiger partial charge in [0, 0.05) is 35.5 Å². The number of anilines is 3. The Morgan fingerprint density at radius 3 is 2.18 bits per heavy atom. The molecule has 1 aliphatic heterocycles. The largest absolute Gasteiger partial charge is 0.372 e. The van der Waals surface area contributed by atoms with E-state index >= 15 is 0 Å². The van der Waals surface area contributed by atoms with Crippen molar-refractivity contribution in [3.05, 3.63) is 66.7 Å². The van der Waals surface area contributed by atoms with Crippen LogP contribution >= 0.6 is 0 Å². The Balaban J connectivity index is 1.41. The fraction of sp³-hybridized carbons (Fsp3) is 0.217. The van der Waals surface area contributed by atoms with Crippen molar-refractivity contribution in [1.29, 1.82) is 0 Å². The molecule has 0 atom stereocenters. The van der Waals surface area contributed by atoms with Gasteiger partial charge in [0.2, 0.25) is 0 Å². The maximum absolute atomic E-state index is 12.3. The number of piperidine rings is 1. The van der Waals surface area contributed by atoms with Gasteiger partial charge in [0.1, 0.15) is 0 Å². The second-order valence-electron chi connectivity index (χ2n) is 7.03. The van der Waals surface area contributed by atoms with Gasteiger partial charge in [-0.25, -0.2) is 0 Å². The zero-order valence-corrected chi connectivity index (χ0v) is 15.7. The molecule has 0 spiro atoms. The fourth-order valence-corrected chi connectivity index (χ4v) is 3.61. The molecule has 3 aromatic rings. The van der Waals surface area contributed by atoms with E-state index in [1.165, 1.54) is 19.3 Å². The van der Waals surface area contributed by atoms with Gasteiger partial charge in [-0.2, -0.15) is 0 Å². The van der Waals surface area contributed by atoms with Gasteiger partial charge in [0.25, 0.3) is 0 Å². The lowest BCUT2D eigenvalue weighted by atomic mass is 10.1. The van der Waals surface area contributed by atoms with Gasteiger partial charge < -0.3 is 15.5 Å². The van der Waals surface area contributed by atoms with E-state index < -0.39 is 11.8 Å². The summed E-state index contributed by atoms with van der Waals surface area (Å²) in [5.74, 6) is -1.37. The third-order valence-corrected chi connectivity index (χ3v) is 5.09. The van der Waals surface area contributed by atoms with E-state index in [1.807, 2.05) is 60.7 Å². The standard InChI is InChI=1S/C23H23N3O2/c27-22(23(28)25-21-10-6-8-17-7-2-3-9-20(17)21)24-18-11-13-19(14-12-18)26-15-4-1-5-16-26/h2-3,6-14H,1,4-5,15-16H2,(H,24,27)(H,25,28). The van der Waals surface area contributed by atoms with E-state index in [1.54, 1.807) is 6.07 Å². The summed E-state index contributed by atoms with van der Waals surface area (Å²) in [5, 5.41) is 7.29. The first-order valence-corrected chi connectivity index (χ1v) is 9.66. The maximum atomic E-state index is 12.3. The maximum Gasteiger partial charge on any atom is 0.314 e. The van der Waals surface area contributed by atoms with Crippen molar-refractivity contribution < 1.29 is 9.59 Å². The molecule has 142 valence electrons. The average molecular weight is 373 g/mol. The van der Waals surface area contributed by atoms with Gasteiger partial charge in [-0.15, -0.1) is 0 Å². The van der Waals surface area contributed by atoms with Gasteiger partial charge in [0.15, 0.2) is 0 Å². The van der Waals surface area contributed by atoms with Crippen molar-refractivity contribution in [3.63, 3.8) is 0 Å². The van der Waals surface area contributed by atoms with Crippen LogP contribution in [-0.2, 0) is 9.59 Å². The van der Waals surface area contributed by atoms with Crippen LogP contribution in [0.25, 0.3) is 10.8 Å². The summed E-state index contributed by atoms with van der Waals surface area (Å²) in [6.07, 6.45) is 3.72. The molecular formula is C23H23N3O2. The highest BCUT2D eigenvalue weighted by Gasteiger charge is 2.16. The number of hydrogen-bond donors (Lipinski definition) is 2. The highest BCUT2D eigenvalue weighted by atomic mass is 16.2. The zero-order chi connectivity index (χ0) is 19.3. The van der Waals surface area contributed by atoms with Crippen molar-refractivity contribution in [2.45, 2.75) is 19.3 Å². The third kappa shape index (κ3) is 3.98. The van der Waals surface area contributed by atoms with Gasteiger partial charge in [-0.1, -0.05) is 36.4 Å². The average Bonchev–Trinajstić information content (AvgIpc) is 2.75. The Morgan fingerprint density at radius 2 is 1.39 bits per heavy atom. The van der Waals surface area contributed by atoms with E-state index in [4.69, 9.17) is 0 Å². The van der Waals surface area contributed by atoms with Gasteiger partial charge in [-0.3, -0.25) is 9.59 Å². The number of nitrogens with one attached hydrogen (secondary N) is 2. The van der Waals surface area contributed by atoms with Crippen LogP contribution in [0.15, 0.2) is 66.7 Å². The van der Waals surface area contributed by atoms with Crippen molar-refractivity contribution in [2.75, 3.05) is 28.6 Å². The first-order chi connectivity index (χ1) is 13.7. The first-order valence-electron chi connectivity index (χ1n) is 9.66. The van der Waals surface area contributed by atoms with Crippen LogP contribution in [0.3, 0.4) is 0 Å². The van der Waals surface area contributed by atoms with E-state index in [2.05, 4.69) is 15.5 Å². The molecule has 28 heavy (non-hydrogen) atoms. The monoisotopic (exact) mass is 373 g/mol. The summed E-state index contributed by atoms with van der Waals surface area (Å²) in [6, 6.07) is 21.0. The molecule has 4 rings (SSSR count). The summed E-state index contributed by atoms with van der Waals surface area (Å²) in [5.41, 5.74) is 2.38. The van der Waals surface area contributed by atoms with Gasteiger partial charge in [-0.05, 0) is 55.0 Å². The minimum absolute atomic E-state index is 0.610. The molecule has 5 heteroatoms. The van der Waals surface area contributed by atoms with Gasteiger partial charge in [0.05, 0.1) is 0 Å². The third-order valence-electron chi connectivity index (χ3n) is 5.09. The molecule has 0 aliphatic carbocycles. The molecule has 0 aromatic heterocycles. The van der Waals surface area contributed by atoms with Crippen LogP contribution < -0.4 is 15.5 Å². The Bertz CT molecular complexity index is 987. The lowest BCUT2D eigenvalue weighted by molar-refractivity contribution is -0.132.